The maximum Gasteiger partial charge on any atom is 0.0910 e. The molecule has 3 aliphatic heterocycles. The van der Waals surface area contributed by atoms with E-state index in [-0.39, 0.29) is 5.60 Å². The number of ether oxygens (including phenoxy) is 1. The van der Waals surface area contributed by atoms with Gasteiger partial charge < -0.3 is 14.5 Å². The lowest BCUT2D eigenvalue weighted by Gasteiger charge is -2.30. The molecule has 1 aromatic heterocycles. The first-order chi connectivity index (χ1) is 12.5. The van der Waals surface area contributed by atoms with E-state index in [0.29, 0.717) is 17.9 Å². The summed E-state index contributed by atoms with van der Waals surface area (Å²) < 4.78 is 6.60. The van der Waals surface area contributed by atoms with Crippen molar-refractivity contribution in [1.82, 2.24) is 9.88 Å². The summed E-state index contributed by atoms with van der Waals surface area (Å²) in [5.74, 6) is 1.26. The topological polar surface area (TPSA) is 28.6 Å². The van der Waals surface area contributed by atoms with Crippen molar-refractivity contribution in [2.24, 2.45) is 11.8 Å². The molecule has 0 radical (unpaired) electrons. The molecule has 4 atom stereocenters. The second-order valence-electron chi connectivity index (χ2n) is 8.62. The van der Waals surface area contributed by atoms with Gasteiger partial charge in [0.1, 0.15) is 0 Å². The highest BCUT2D eigenvalue weighted by Crippen LogP contribution is 2.55. The number of anilines is 1. The maximum atomic E-state index is 6.60. The Labute approximate surface area is 160 Å². The summed E-state index contributed by atoms with van der Waals surface area (Å²) in [6.45, 7) is 5.26. The van der Waals surface area contributed by atoms with Gasteiger partial charge in [0.25, 0.3) is 0 Å². The Morgan fingerprint density at radius 3 is 3.04 bits per heavy atom. The van der Waals surface area contributed by atoms with Gasteiger partial charge in [-0.3, -0.25) is 4.98 Å². The summed E-state index contributed by atoms with van der Waals surface area (Å²) in [6.07, 6.45) is 4.80. The molecule has 0 amide bonds. The molecule has 4 heterocycles. The van der Waals surface area contributed by atoms with Gasteiger partial charge >= 0.3 is 0 Å². The number of hydrogen-bond donors (Lipinski definition) is 0. The van der Waals surface area contributed by atoms with E-state index in [1.165, 1.54) is 18.5 Å². The van der Waals surface area contributed by atoms with Gasteiger partial charge in [-0.2, -0.15) is 0 Å². The van der Waals surface area contributed by atoms with Gasteiger partial charge in [0.15, 0.2) is 0 Å². The van der Waals surface area contributed by atoms with Gasteiger partial charge in [-0.05, 0) is 57.6 Å². The van der Waals surface area contributed by atoms with Crippen LogP contribution in [0, 0.1) is 18.8 Å². The first kappa shape index (κ1) is 16.8. The second-order valence-corrected chi connectivity index (χ2v) is 9.06. The molecule has 3 aliphatic rings. The maximum absolute atomic E-state index is 6.60. The summed E-state index contributed by atoms with van der Waals surface area (Å²) >= 11 is 6.36. The Kier molecular flexibility index (Phi) is 3.76. The number of rotatable bonds is 3. The Bertz CT molecular complexity index is 870. The quantitative estimate of drug-likeness (QED) is 0.821. The van der Waals surface area contributed by atoms with Crippen molar-refractivity contribution in [1.29, 1.82) is 0 Å². The molecule has 2 bridgehead atoms. The monoisotopic (exact) mass is 371 g/mol. The third-order valence-electron chi connectivity index (χ3n) is 6.68. The minimum Gasteiger partial charge on any atom is -0.369 e. The molecule has 4 nitrogen and oxygen atoms in total. The number of nitrogens with zero attached hydrogens (tertiary/aromatic N) is 3. The number of halogens is 1. The Balaban J connectivity index is 1.53. The molecule has 138 valence electrons. The average molecular weight is 372 g/mol. The van der Waals surface area contributed by atoms with E-state index >= 15 is 0 Å². The van der Waals surface area contributed by atoms with Gasteiger partial charge in [0, 0.05) is 53.8 Å². The number of fused-ring (bicyclic) bond motifs is 2. The van der Waals surface area contributed by atoms with Gasteiger partial charge in [0.05, 0.1) is 17.2 Å². The molecule has 3 saturated heterocycles. The standard InChI is InChI=1S/C21H26ClN3O/c1-13-8-14(22)9-15-18(5-7-23-20(13)15)25-11-17-16(10-24(2)3)19-4-6-21(17,12-25)26-19/h5,7-9,16-17,19H,4,6,10-12H2,1-3H3/t16-,17+,19+,21+/m0/s1. The summed E-state index contributed by atoms with van der Waals surface area (Å²) in [6, 6.07) is 6.20. The highest BCUT2D eigenvalue weighted by molar-refractivity contribution is 6.31. The predicted octanol–water partition coefficient (Wildman–Crippen LogP) is 3.74. The highest BCUT2D eigenvalue weighted by atomic mass is 35.5. The van der Waals surface area contributed by atoms with E-state index in [2.05, 4.69) is 47.9 Å². The van der Waals surface area contributed by atoms with E-state index in [4.69, 9.17) is 16.3 Å². The molecule has 2 aromatic rings. The fourth-order valence-electron chi connectivity index (χ4n) is 5.69. The van der Waals surface area contributed by atoms with Crippen molar-refractivity contribution in [3.05, 3.63) is 35.0 Å². The van der Waals surface area contributed by atoms with Crippen LogP contribution in [0.25, 0.3) is 10.9 Å². The van der Waals surface area contributed by atoms with Crippen molar-refractivity contribution in [2.75, 3.05) is 38.6 Å². The number of hydrogen-bond acceptors (Lipinski definition) is 4. The lowest BCUT2D eigenvalue weighted by Crippen LogP contribution is -2.40. The summed E-state index contributed by atoms with van der Waals surface area (Å²) in [7, 11) is 4.35. The first-order valence-corrected chi connectivity index (χ1v) is 9.97. The zero-order valence-electron chi connectivity index (χ0n) is 15.7. The van der Waals surface area contributed by atoms with Crippen LogP contribution < -0.4 is 4.90 Å². The zero-order chi connectivity index (χ0) is 18.1. The normalized spacial score (nSPS) is 32.8. The van der Waals surface area contributed by atoms with E-state index in [0.717, 1.165) is 41.1 Å². The van der Waals surface area contributed by atoms with Crippen molar-refractivity contribution < 1.29 is 4.74 Å². The molecule has 3 fully saturated rings. The number of pyridine rings is 1. The molecule has 5 heteroatoms. The second kappa shape index (κ2) is 5.82. The number of benzene rings is 1. The summed E-state index contributed by atoms with van der Waals surface area (Å²) in [4.78, 5) is 9.44. The molecule has 0 saturated carbocycles. The molecule has 1 aromatic carbocycles. The highest BCUT2D eigenvalue weighted by Gasteiger charge is 2.62. The van der Waals surface area contributed by atoms with Gasteiger partial charge in [-0.15, -0.1) is 0 Å². The minimum atomic E-state index is 0.0502. The average Bonchev–Trinajstić information content (AvgIpc) is 3.23. The minimum absolute atomic E-state index is 0.0502. The first-order valence-electron chi connectivity index (χ1n) is 9.59. The molecule has 0 N–H and O–H groups in total. The molecule has 26 heavy (non-hydrogen) atoms. The lowest BCUT2D eigenvalue weighted by atomic mass is 9.73. The van der Waals surface area contributed by atoms with Gasteiger partial charge in [-0.25, -0.2) is 0 Å². The van der Waals surface area contributed by atoms with Crippen LogP contribution in [-0.4, -0.2) is 55.3 Å². The Hall–Kier alpha value is -1.36. The van der Waals surface area contributed by atoms with E-state index in [9.17, 15) is 0 Å². The Morgan fingerprint density at radius 2 is 2.23 bits per heavy atom. The van der Waals surface area contributed by atoms with E-state index < -0.39 is 0 Å². The number of aryl methyl sites for hydroxylation is 1. The molecular formula is C21H26ClN3O. The zero-order valence-corrected chi connectivity index (χ0v) is 16.5. The largest absolute Gasteiger partial charge is 0.369 e. The van der Waals surface area contributed by atoms with Gasteiger partial charge in [-0.1, -0.05) is 11.6 Å². The lowest BCUT2D eigenvalue weighted by molar-refractivity contribution is 0.0137. The van der Waals surface area contributed by atoms with Crippen LogP contribution in [-0.2, 0) is 4.74 Å². The van der Waals surface area contributed by atoms with Crippen LogP contribution in [0.2, 0.25) is 5.02 Å². The van der Waals surface area contributed by atoms with E-state index in [1.54, 1.807) is 0 Å². The third-order valence-corrected chi connectivity index (χ3v) is 6.90. The fourth-order valence-corrected chi connectivity index (χ4v) is 5.96. The Morgan fingerprint density at radius 1 is 1.38 bits per heavy atom. The van der Waals surface area contributed by atoms with Crippen molar-refractivity contribution in [3.8, 4) is 0 Å². The molecule has 0 aliphatic carbocycles. The van der Waals surface area contributed by atoms with Crippen LogP contribution in [0.4, 0.5) is 5.69 Å². The number of aromatic nitrogens is 1. The van der Waals surface area contributed by atoms with E-state index in [1.807, 2.05) is 12.3 Å². The summed E-state index contributed by atoms with van der Waals surface area (Å²) in [5, 5.41) is 1.94. The fraction of sp³-hybridized carbons (Fsp3) is 0.571. The molecule has 5 rings (SSSR count). The van der Waals surface area contributed by atoms with Crippen molar-refractivity contribution in [3.63, 3.8) is 0 Å². The van der Waals surface area contributed by atoms with Crippen molar-refractivity contribution in [2.45, 2.75) is 31.5 Å². The third kappa shape index (κ3) is 2.39. The molecule has 1 spiro atoms. The van der Waals surface area contributed by atoms with Crippen LogP contribution in [0.1, 0.15) is 18.4 Å². The summed E-state index contributed by atoms with van der Waals surface area (Å²) in [5.41, 5.74) is 3.49. The SMILES string of the molecule is Cc1cc(Cl)cc2c(N3C[C@@H]4[C@H](CN(C)C)[C@H]5CC[C@]4(C3)O5)ccnc12. The van der Waals surface area contributed by atoms with Crippen LogP contribution >= 0.6 is 11.6 Å². The molecular weight excluding hydrogens is 346 g/mol. The predicted molar refractivity (Wildman–Crippen MR) is 106 cm³/mol. The van der Waals surface area contributed by atoms with Crippen LogP contribution in [0.3, 0.4) is 0 Å². The molecule has 0 unspecified atom stereocenters. The smallest absolute Gasteiger partial charge is 0.0910 e. The van der Waals surface area contributed by atoms with Crippen LogP contribution in [0.5, 0.6) is 0 Å². The van der Waals surface area contributed by atoms with Crippen LogP contribution in [0.15, 0.2) is 24.4 Å². The van der Waals surface area contributed by atoms with Gasteiger partial charge in [0.2, 0.25) is 0 Å². The van der Waals surface area contributed by atoms with Crippen molar-refractivity contribution >= 4 is 28.2 Å².